The van der Waals surface area contributed by atoms with Crippen molar-refractivity contribution in [3.8, 4) is 0 Å². The zero-order valence-electron chi connectivity index (χ0n) is 10.3. The summed E-state index contributed by atoms with van der Waals surface area (Å²) >= 11 is 0. The summed E-state index contributed by atoms with van der Waals surface area (Å²) in [5.41, 5.74) is 2.45. The lowest BCUT2D eigenvalue weighted by atomic mass is 10.1. The molecule has 0 aliphatic carbocycles. The Balaban J connectivity index is 2.68. The van der Waals surface area contributed by atoms with Crippen LogP contribution in [0, 0.1) is 5.92 Å². The lowest BCUT2D eigenvalue weighted by molar-refractivity contribution is -0.123. The maximum Gasteiger partial charge on any atom is 0.224 e. The molecule has 1 aromatic heterocycles. The molecule has 0 fully saturated rings. The number of nitrogens with one attached hydrogen (secondary N) is 2. The van der Waals surface area contributed by atoms with Crippen molar-refractivity contribution >= 4 is 17.5 Å². The molecular formula is C10H18N6O. The number of hydrazine groups is 1. The second kappa shape index (κ2) is 6.00. The van der Waals surface area contributed by atoms with Crippen LogP contribution < -0.4 is 21.5 Å². The smallest absolute Gasteiger partial charge is 0.224 e. The molecule has 7 heteroatoms. The molecule has 0 spiro atoms. The fraction of sp³-hybridized carbons (Fsp3) is 0.500. The molecule has 17 heavy (non-hydrogen) atoms. The average Bonchev–Trinajstić information content (AvgIpc) is 2.37. The summed E-state index contributed by atoms with van der Waals surface area (Å²) in [5.74, 6) is 6.40. The van der Waals surface area contributed by atoms with Gasteiger partial charge in [-0.2, -0.15) is 0 Å². The Morgan fingerprint density at radius 1 is 1.59 bits per heavy atom. The SMILES string of the molecule is CNC(=O)C(C)CN(C)c1cc(NN)ncn1. The number of nitrogens with zero attached hydrogens (tertiary/aromatic N) is 3. The average molecular weight is 238 g/mol. The van der Waals surface area contributed by atoms with Gasteiger partial charge < -0.3 is 15.6 Å². The number of amides is 1. The zero-order chi connectivity index (χ0) is 12.8. The minimum absolute atomic E-state index is 0.00285. The van der Waals surface area contributed by atoms with Crippen molar-refractivity contribution in [1.29, 1.82) is 0 Å². The molecule has 1 aromatic rings. The molecule has 1 heterocycles. The number of aromatic nitrogens is 2. The van der Waals surface area contributed by atoms with Crippen molar-refractivity contribution < 1.29 is 4.79 Å². The van der Waals surface area contributed by atoms with Crippen LogP contribution in [-0.4, -0.2) is 36.5 Å². The third kappa shape index (κ3) is 3.56. The van der Waals surface area contributed by atoms with Gasteiger partial charge in [0, 0.05) is 26.7 Å². The van der Waals surface area contributed by atoms with Crippen molar-refractivity contribution in [3.63, 3.8) is 0 Å². The fourth-order valence-corrected chi connectivity index (χ4v) is 1.47. The first kappa shape index (κ1) is 13.2. The lowest BCUT2D eigenvalue weighted by Crippen LogP contribution is -2.34. The van der Waals surface area contributed by atoms with Gasteiger partial charge >= 0.3 is 0 Å². The first-order valence-electron chi connectivity index (χ1n) is 5.30. The third-order valence-corrected chi connectivity index (χ3v) is 2.43. The van der Waals surface area contributed by atoms with E-state index < -0.39 is 0 Å². The van der Waals surface area contributed by atoms with Crippen molar-refractivity contribution in [2.45, 2.75) is 6.92 Å². The highest BCUT2D eigenvalue weighted by Crippen LogP contribution is 2.13. The Morgan fingerprint density at radius 3 is 2.88 bits per heavy atom. The number of nitrogens with two attached hydrogens (primary N) is 1. The molecule has 0 aliphatic heterocycles. The van der Waals surface area contributed by atoms with E-state index in [4.69, 9.17) is 5.84 Å². The van der Waals surface area contributed by atoms with Gasteiger partial charge in [-0.25, -0.2) is 15.8 Å². The summed E-state index contributed by atoms with van der Waals surface area (Å²) in [5, 5.41) is 2.61. The van der Waals surface area contributed by atoms with Gasteiger partial charge in [0.05, 0.1) is 5.92 Å². The van der Waals surface area contributed by atoms with E-state index in [1.165, 1.54) is 6.33 Å². The van der Waals surface area contributed by atoms with Crippen LogP contribution in [0.4, 0.5) is 11.6 Å². The van der Waals surface area contributed by atoms with Crippen molar-refractivity contribution in [1.82, 2.24) is 15.3 Å². The molecule has 0 bridgehead atoms. The summed E-state index contributed by atoms with van der Waals surface area (Å²) in [7, 11) is 3.49. The predicted octanol–water partition coefficient (Wildman–Crippen LogP) is -0.419. The summed E-state index contributed by atoms with van der Waals surface area (Å²) in [4.78, 5) is 21.3. The number of carbonyl (C=O) groups excluding carboxylic acids is 1. The highest BCUT2D eigenvalue weighted by Gasteiger charge is 2.14. The van der Waals surface area contributed by atoms with E-state index in [9.17, 15) is 4.79 Å². The molecule has 7 nitrogen and oxygen atoms in total. The first-order valence-corrected chi connectivity index (χ1v) is 5.30. The molecule has 1 rings (SSSR count). The number of anilines is 2. The topological polar surface area (TPSA) is 96.2 Å². The number of nitrogen functional groups attached to an aromatic ring is 1. The number of carbonyl (C=O) groups is 1. The van der Waals surface area contributed by atoms with Gasteiger partial charge in [0.25, 0.3) is 0 Å². The standard InChI is InChI=1S/C10H18N6O/c1-7(10(17)12-2)5-16(3)9-4-8(15-11)13-6-14-9/h4,6-7H,5,11H2,1-3H3,(H,12,17)(H,13,14,15). The highest BCUT2D eigenvalue weighted by molar-refractivity contribution is 5.78. The highest BCUT2D eigenvalue weighted by atomic mass is 16.1. The minimum Gasteiger partial charge on any atom is -0.359 e. The van der Waals surface area contributed by atoms with Crippen molar-refractivity contribution in [3.05, 3.63) is 12.4 Å². The summed E-state index contributed by atoms with van der Waals surface area (Å²) in [6, 6.07) is 1.72. The fourth-order valence-electron chi connectivity index (χ4n) is 1.47. The zero-order valence-corrected chi connectivity index (χ0v) is 10.3. The van der Waals surface area contributed by atoms with Gasteiger partial charge in [-0.05, 0) is 0 Å². The third-order valence-electron chi connectivity index (χ3n) is 2.43. The molecule has 0 aliphatic rings. The molecule has 94 valence electrons. The van der Waals surface area contributed by atoms with Crippen LogP contribution in [0.5, 0.6) is 0 Å². The molecule has 0 saturated heterocycles. The molecule has 0 aromatic carbocycles. The van der Waals surface area contributed by atoms with Gasteiger partial charge in [-0.3, -0.25) is 4.79 Å². The number of hydrogen-bond donors (Lipinski definition) is 3. The Hall–Kier alpha value is -1.89. The van der Waals surface area contributed by atoms with Crippen molar-refractivity contribution in [2.24, 2.45) is 11.8 Å². The Bertz CT molecular complexity index is 383. The summed E-state index contributed by atoms with van der Waals surface area (Å²) < 4.78 is 0. The second-order valence-electron chi connectivity index (χ2n) is 3.80. The molecule has 1 atom stereocenters. The molecule has 0 radical (unpaired) electrons. The normalized spacial score (nSPS) is 11.8. The van der Waals surface area contributed by atoms with Crippen LogP contribution in [0.3, 0.4) is 0 Å². The van der Waals surface area contributed by atoms with E-state index >= 15 is 0 Å². The number of rotatable bonds is 5. The van der Waals surface area contributed by atoms with Crippen LogP contribution in [0.1, 0.15) is 6.92 Å². The van der Waals surface area contributed by atoms with Gasteiger partial charge in [0.15, 0.2) is 0 Å². The second-order valence-corrected chi connectivity index (χ2v) is 3.80. The molecule has 4 N–H and O–H groups in total. The first-order chi connectivity index (χ1) is 8.08. The maximum atomic E-state index is 11.4. The predicted molar refractivity (Wildman–Crippen MR) is 66.3 cm³/mol. The van der Waals surface area contributed by atoms with E-state index in [1.54, 1.807) is 13.1 Å². The molecule has 0 saturated carbocycles. The Kier molecular flexibility index (Phi) is 4.65. The van der Waals surface area contributed by atoms with E-state index in [2.05, 4.69) is 20.7 Å². The minimum atomic E-state index is -0.116. The largest absolute Gasteiger partial charge is 0.359 e. The lowest BCUT2D eigenvalue weighted by Gasteiger charge is -2.21. The maximum absolute atomic E-state index is 11.4. The van der Waals surface area contributed by atoms with Crippen molar-refractivity contribution in [2.75, 3.05) is 31.0 Å². The van der Waals surface area contributed by atoms with Gasteiger partial charge in [-0.15, -0.1) is 0 Å². The van der Waals surface area contributed by atoms with Crippen LogP contribution in [0.2, 0.25) is 0 Å². The van der Waals surface area contributed by atoms with Crippen LogP contribution in [0.25, 0.3) is 0 Å². The van der Waals surface area contributed by atoms with E-state index in [-0.39, 0.29) is 11.8 Å². The van der Waals surface area contributed by atoms with E-state index in [1.807, 2.05) is 18.9 Å². The van der Waals surface area contributed by atoms with Crippen LogP contribution >= 0.6 is 0 Å². The van der Waals surface area contributed by atoms with E-state index in [0.717, 1.165) is 0 Å². The summed E-state index contributed by atoms with van der Waals surface area (Å²) in [6.07, 6.45) is 1.42. The molecule has 1 amide bonds. The van der Waals surface area contributed by atoms with Gasteiger partial charge in [0.2, 0.25) is 5.91 Å². The monoisotopic (exact) mass is 238 g/mol. The summed E-state index contributed by atoms with van der Waals surface area (Å²) in [6.45, 7) is 2.43. The molecular weight excluding hydrogens is 220 g/mol. The van der Waals surface area contributed by atoms with E-state index in [0.29, 0.717) is 18.2 Å². The van der Waals surface area contributed by atoms with Gasteiger partial charge in [-0.1, -0.05) is 6.92 Å². The van der Waals surface area contributed by atoms with Crippen LogP contribution in [0.15, 0.2) is 12.4 Å². The van der Waals surface area contributed by atoms with Crippen LogP contribution in [-0.2, 0) is 4.79 Å². The molecule has 1 unspecified atom stereocenters. The number of hydrogen-bond acceptors (Lipinski definition) is 6. The quantitative estimate of drug-likeness (QED) is 0.476. The van der Waals surface area contributed by atoms with Gasteiger partial charge in [0.1, 0.15) is 18.0 Å². The Labute approximate surface area is 100 Å². The Morgan fingerprint density at radius 2 is 2.29 bits per heavy atom.